The zero-order valence-corrected chi connectivity index (χ0v) is 14.2. The molecular weight excluding hydrogens is 284 g/mol. The van der Waals surface area contributed by atoms with Crippen molar-refractivity contribution in [2.45, 2.75) is 20.0 Å². The Hall–Kier alpha value is -2.39. The predicted octanol–water partition coefficient (Wildman–Crippen LogP) is 3.98. The first-order chi connectivity index (χ1) is 10.9. The Morgan fingerprint density at radius 3 is 2.00 bits per heavy atom. The van der Waals surface area contributed by atoms with Crippen LogP contribution in [0, 0.1) is 0 Å². The van der Waals surface area contributed by atoms with Gasteiger partial charge < -0.3 is 9.80 Å². The number of hydrogen-bond acceptors (Lipinski definition) is 1. The Balaban J connectivity index is 1.99. The first kappa shape index (κ1) is 17.0. The van der Waals surface area contributed by atoms with Gasteiger partial charge in [-0.2, -0.15) is 0 Å². The fourth-order valence-corrected chi connectivity index (χ4v) is 2.56. The van der Waals surface area contributed by atoms with Gasteiger partial charge in [0, 0.05) is 22.4 Å². The van der Waals surface area contributed by atoms with E-state index in [9.17, 15) is 4.79 Å². The minimum Gasteiger partial charge on any atom is -0.322 e. The van der Waals surface area contributed by atoms with Crippen LogP contribution in [0.5, 0.6) is 0 Å². The summed E-state index contributed by atoms with van der Waals surface area (Å²) in [4.78, 5) is 11.6. The molecule has 0 aliphatic heterocycles. The molecule has 1 amide bonds. The van der Waals surface area contributed by atoms with Gasteiger partial charge in [0.05, 0.1) is 14.1 Å². The van der Waals surface area contributed by atoms with Gasteiger partial charge in [0.2, 0.25) is 0 Å². The third kappa shape index (κ3) is 5.38. The molecule has 0 bridgehead atoms. The van der Waals surface area contributed by atoms with E-state index in [0.29, 0.717) is 5.57 Å². The molecule has 0 heterocycles. The summed E-state index contributed by atoms with van der Waals surface area (Å²) >= 11 is 0. The molecule has 2 rings (SSSR count). The van der Waals surface area contributed by atoms with E-state index in [1.807, 2.05) is 18.2 Å². The van der Waals surface area contributed by atoms with Crippen LogP contribution in [0.1, 0.15) is 18.1 Å². The standard InChI is InChI=1S/C20H24N2O/c1-16(2)20(23)21-19-12-10-18(11-13-19)15-22(3,4)14-17-8-6-5-7-9-17/h5-13H,1,14-15H2,2-4H3/p+1. The average molecular weight is 309 g/mol. The topological polar surface area (TPSA) is 29.1 Å². The number of nitrogens with zero attached hydrogens (tertiary/aromatic N) is 1. The third-order valence-corrected chi connectivity index (χ3v) is 3.66. The Labute approximate surface area is 138 Å². The maximum Gasteiger partial charge on any atom is 0.250 e. The number of rotatable bonds is 6. The van der Waals surface area contributed by atoms with E-state index in [2.05, 4.69) is 62.4 Å². The second kappa shape index (κ2) is 7.25. The van der Waals surface area contributed by atoms with E-state index in [1.165, 1.54) is 11.1 Å². The maximum absolute atomic E-state index is 11.6. The van der Waals surface area contributed by atoms with Crippen molar-refractivity contribution in [3.8, 4) is 0 Å². The number of quaternary nitrogens is 1. The molecule has 0 atom stereocenters. The first-order valence-corrected chi connectivity index (χ1v) is 7.77. The van der Waals surface area contributed by atoms with Crippen molar-refractivity contribution in [2.75, 3.05) is 19.4 Å². The lowest BCUT2D eigenvalue weighted by Crippen LogP contribution is -2.37. The number of benzene rings is 2. The summed E-state index contributed by atoms with van der Waals surface area (Å²) in [6.45, 7) is 7.26. The minimum atomic E-state index is -0.141. The van der Waals surface area contributed by atoms with Crippen LogP contribution in [0.3, 0.4) is 0 Å². The molecule has 0 aromatic heterocycles. The van der Waals surface area contributed by atoms with Crippen molar-refractivity contribution in [3.05, 3.63) is 77.9 Å². The third-order valence-electron chi connectivity index (χ3n) is 3.66. The molecule has 0 aliphatic carbocycles. The lowest BCUT2D eigenvalue weighted by molar-refractivity contribution is -0.916. The lowest BCUT2D eigenvalue weighted by atomic mass is 10.1. The summed E-state index contributed by atoms with van der Waals surface area (Å²) < 4.78 is 0.876. The Morgan fingerprint density at radius 2 is 1.48 bits per heavy atom. The Kier molecular flexibility index (Phi) is 5.35. The summed E-state index contributed by atoms with van der Waals surface area (Å²) in [7, 11) is 4.45. The number of carbonyl (C=O) groups is 1. The molecule has 1 N–H and O–H groups in total. The molecular formula is C20H25N2O+. The molecule has 3 heteroatoms. The zero-order chi connectivity index (χ0) is 16.9. The van der Waals surface area contributed by atoms with Gasteiger partial charge in [0.25, 0.3) is 5.91 Å². The highest BCUT2D eigenvalue weighted by Gasteiger charge is 2.16. The summed E-state index contributed by atoms with van der Waals surface area (Å²) in [6.07, 6.45) is 0. The van der Waals surface area contributed by atoms with Crippen LogP contribution < -0.4 is 5.32 Å². The van der Waals surface area contributed by atoms with Crippen LogP contribution in [0.2, 0.25) is 0 Å². The smallest absolute Gasteiger partial charge is 0.250 e. The Morgan fingerprint density at radius 1 is 0.957 bits per heavy atom. The Bertz CT molecular complexity index is 673. The first-order valence-electron chi connectivity index (χ1n) is 7.77. The second-order valence-corrected chi connectivity index (χ2v) is 6.67. The number of anilines is 1. The van der Waals surface area contributed by atoms with E-state index in [-0.39, 0.29) is 5.91 Å². The summed E-state index contributed by atoms with van der Waals surface area (Å²) in [5, 5.41) is 2.83. The molecule has 2 aromatic carbocycles. The largest absolute Gasteiger partial charge is 0.322 e. The molecule has 0 fully saturated rings. The molecule has 3 nitrogen and oxygen atoms in total. The van der Waals surface area contributed by atoms with Gasteiger partial charge in [-0.3, -0.25) is 4.79 Å². The average Bonchev–Trinajstić information content (AvgIpc) is 2.49. The molecule has 0 unspecified atom stereocenters. The van der Waals surface area contributed by atoms with Gasteiger partial charge in [-0.25, -0.2) is 0 Å². The van der Waals surface area contributed by atoms with Crippen molar-refractivity contribution in [3.63, 3.8) is 0 Å². The summed E-state index contributed by atoms with van der Waals surface area (Å²) in [5.41, 5.74) is 3.90. The van der Waals surface area contributed by atoms with Crippen LogP contribution in [0.25, 0.3) is 0 Å². The zero-order valence-electron chi connectivity index (χ0n) is 14.2. The van der Waals surface area contributed by atoms with Crippen LogP contribution in [0.15, 0.2) is 66.7 Å². The number of amides is 1. The van der Waals surface area contributed by atoms with Crippen LogP contribution in [-0.2, 0) is 17.9 Å². The van der Waals surface area contributed by atoms with Gasteiger partial charge in [-0.15, -0.1) is 0 Å². The van der Waals surface area contributed by atoms with E-state index in [4.69, 9.17) is 0 Å². The molecule has 0 aliphatic rings. The highest BCUT2D eigenvalue weighted by Crippen LogP contribution is 2.17. The molecule has 2 aromatic rings. The van der Waals surface area contributed by atoms with E-state index < -0.39 is 0 Å². The van der Waals surface area contributed by atoms with Crippen LogP contribution in [-0.4, -0.2) is 24.5 Å². The normalized spacial score (nSPS) is 11.1. The quantitative estimate of drug-likeness (QED) is 0.635. The monoisotopic (exact) mass is 309 g/mol. The number of nitrogens with one attached hydrogen (secondary N) is 1. The molecule has 0 spiro atoms. The van der Waals surface area contributed by atoms with Gasteiger partial charge >= 0.3 is 0 Å². The van der Waals surface area contributed by atoms with Crippen molar-refractivity contribution in [1.29, 1.82) is 0 Å². The molecule has 0 radical (unpaired) electrons. The van der Waals surface area contributed by atoms with Crippen LogP contribution in [0.4, 0.5) is 5.69 Å². The van der Waals surface area contributed by atoms with Crippen LogP contribution >= 0.6 is 0 Å². The minimum absolute atomic E-state index is 0.141. The van der Waals surface area contributed by atoms with Crippen molar-refractivity contribution in [1.82, 2.24) is 0 Å². The van der Waals surface area contributed by atoms with Gasteiger partial charge in [0.15, 0.2) is 0 Å². The molecule has 0 saturated carbocycles. The van der Waals surface area contributed by atoms with Gasteiger partial charge in [0.1, 0.15) is 13.1 Å². The van der Waals surface area contributed by atoms with E-state index in [1.54, 1.807) is 6.92 Å². The van der Waals surface area contributed by atoms with Crippen molar-refractivity contribution in [2.24, 2.45) is 0 Å². The summed E-state index contributed by atoms with van der Waals surface area (Å²) in [5.74, 6) is -0.141. The maximum atomic E-state index is 11.6. The lowest BCUT2D eigenvalue weighted by Gasteiger charge is -2.30. The van der Waals surface area contributed by atoms with Gasteiger partial charge in [-0.05, 0) is 19.1 Å². The number of carbonyl (C=O) groups excluding carboxylic acids is 1. The SMILES string of the molecule is C=C(C)C(=O)Nc1ccc(C[N+](C)(C)Cc2ccccc2)cc1. The van der Waals surface area contributed by atoms with Crippen molar-refractivity contribution >= 4 is 11.6 Å². The molecule has 0 saturated heterocycles. The summed E-state index contributed by atoms with van der Waals surface area (Å²) in [6, 6.07) is 18.5. The fourth-order valence-electron chi connectivity index (χ4n) is 2.56. The van der Waals surface area contributed by atoms with Gasteiger partial charge in [-0.1, -0.05) is 49.0 Å². The molecule has 23 heavy (non-hydrogen) atoms. The highest BCUT2D eigenvalue weighted by atomic mass is 16.1. The fraction of sp³-hybridized carbons (Fsp3) is 0.250. The number of hydrogen-bond donors (Lipinski definition) is 1. The van der Waals surface area contributed by atoms with E-state index in [0.717, 1.165) is 23.3 Å². The highest BCUT2D eigenvalue weighted by molar-refractivity contribution is 6.02. The predicted molar refractivity (Wildman–Crippen MR) is 95.8 cm³/mol. The van der Waals surface area contributed by atoms with Crippen molar-refractivity contribution < 1.29 is 9.28 Å². The van der Waals surface area contributed by atoms with E-state index >= 15 is 0 Å². The molecule has 120 valence electrons. The second-order valence-electron chi connectivity index (χ2n) is 6.67.